The molecule has 0 aromatic rings. The molecule has 18 heavy (non-hydrogen) atoms. The number of ether oxygens (including phenoxy) is 1. The number of hydrogen-bond acceptors (Lipinski definition) is 3. The van der Waals surface area contributed by atoms with Crippen molar-refractivity contribution in [3.05, 3.63) is 0 Å². The Labute approximate surface area is 106 Å². The quantitative estimate of drug-likeness (QED) is 0.663. The van der Waals surface area contributed by atoms with Gasteiger partial charge in [-0.15, -0.1) is 0 Å². The first kappa shape index (κ1) is 15.7. The van der Waals surface area contributed by atoms with E-state index in [1.54, 1.807) is 0 Å². The molecule has 0 saturated heterocycles. The third kappa shape index (κ3) is 7.89. The van der Waals surface area contributed by atoms with Crippen LogP contribution in [0.4, 0.5) is 13.2 Å². The lowest BCUT2D eigenvalue weighted by Gasteiger charge is -2.16. The summed E-state index contributed by atoms with van der Waals surface area (Å²) < 4.78 is 39.6. The van der Waals surface area contributed by atoms with E-state index in [2.05, 4.69) is 10.1 Å². The second-order valence-corrected chi connectivity index (χ2v) is 4.91. The molecular formula is C12H22F3NO2. The SMILES string of the molecule is OC(CNCCOCC(F)(F)F)CC1CCCC1. The summed E-state index contributed by atoms with van der Waals surface area (Å²) in [5, 5.41) is 12.6. The molecule has 0 aromatic heterocycles. The summed E-state index contributed by atoms with van der Waals surface area (Å²) in [5.41, 5.74) is 0. The third-order valence-electron chi connectivity index (χ3n) is 3.15. The summed E-state index contributed by atoms with van der Waals surface area (Å²) in [5.74, 6) is 0.614. The largest absolute Gasteiger partial charge is 0.411 e. The van der Waals surface area contributed by atoms with Gasteiger partial charge >= 0.3 is 6.18 Å². The summed E-state index contributed by atoms with van der Waals surface area (Å²) >= 11 is 0. The van der Waals surface area contributed by atoms with Crippen molar-refractivity contribution in [3.8, 4) is 0 Å². The number of halogens is 3. The molecule has 1 fully saturated rings. The molecule has 1 saturated carbocycles. The summed E-state index contributed by atoms with van der Waals surface area (Å²) in [4.78, 5) is 0. The van der Waals surface area contributed by atoms with Crippen LogP contribution in [0.2, 0.25) is 0 Å². The topological polar surface area (TPSA) is 41.5 Å². The molecular weight excluding hydrogens is 247 g/mol. The monoisotopic (exact) mass is 269 g/mol. The Morgan fingerprint density at radius 3 is 2.56 bits per heavy atom. The van der Waals surface area contributed by atoms with Crippen molar-refractivity contribution in [2.24, 2.45) is 5.92 Å². The van der Waals surface area contributed by atoms with E-state index >= 15 is 0 Å². The van der Waals surface area contributed by atoms with Crippen LogP contribution in [0.3, 0.4) is 0 Å². The molecule has 0 radical (unpaired) electrons. The molecule has 3 nitrogen and oxygen atoms in total. The predicted octanol–water partition coefficient (Wildman–Crippen LogP) is 2.10. The Balaban J connectivity index is 1.90. The van der Waals surface area contributed by atoms with Crippen LogP contribution in [0.25, 0.3) is 0 Å². The molecule has 0 bridgehead atoms. The smallest absolute Gasteiger partial charge is 0.392 e. The van der Waals surface area contributed by atoms with E-state index in [9.17, 15) is 18.3 Å². The Morgan fingerprint density at radius 2 is 1.94 bits per heavy atom. The Kier molecular flexibility index (Phi) is 6.96. The van der Waals surface area contributed by atoms with Crippen molar-refractivity contribution in [1.82, 2.24) is 5.32 Å². The highest BCUT2D eigenvalue weighted by Gasteiger charge is 2.27. The van der Waals surface area contributed by atoms with Crippen molar-refractivity contribution >= 4 is 0 Å². The van der Waals surface area contributed by atoms with Gasteiger partial charge in [0, 0.05) is 13.1 Å². The molecule has 1 aliphatic carbocycles. The maximum atomic E-state index is 11.7. The van der Waals surface area contributed by atoms with Gasteiger partial charge in [-0.25, -0.2) is 0 Å². The van der Waals surface area contributed by atoms with Gasteiger partial charge in [-0.2, -0.15) is 13.2 Å². The van der Waals surface area contributed by atoms with Crippen molar-refractivity contribution in [2.75, 3.05) is 26.3 Å². The molecule has 1 aliphatic rings. The van der Waals surface area contributed by atoms with Crippen molar-refractivity contribution in [3.63, 3.8) is 0 Å². The van der Waals surface area contributed by atoms with E-state index in [4.69, 9.17) is 0 Å². The Hall–Kier alpha value is -0.330. The number of alkyl halides is 3. The van der Waals surface area contributed by atoms with Crippen LogP contribution in [0.15, 0.2) is 0 Å². The highest BCUT2D eigenvalue weighted by Crippen LogP contribution is 2.28. The minimum atomic E-state index is -4.26. The van der Waals surface area contributed by atoms with Gasteiger partial charge in [0.05, 0.1) is 12.7 Å². The van der Waals surface area contributed by atoms with Gasteiger partial charge in [-0.05, 0) is 12.3 Å². The zero-order chi connectivity index (χ0) is 13.4. The van der Waals surface area contributed by atoms with Crippen LogP contribution in [0.1, 0.15) is 32.1 Å². The zero-order valence-corrected chi connectivity index (χ0v) is 10.5. The first-order valence-electron chi connectivity index (χ1n) is 6.50. The van der Waals surface area contributed by atoms with E-state index < -0.39 is 18.9 Å². The minimum Gasteiger partial charge on any atom is -0.392 e. The number of aliphatic hydroxyl groups is 1. The average molecular weight is 269 g/mol. The van der Waals surface area contributed by atoms with E-state index in [0.717, 1.165) is 6.42 Å². The molecule has 0 aromatic carbocycles. The lowest BCUT2D eigenvalue weighted by Crippen LogP contribution is -2.31. The maximum absolute atomic E-state index is 11.7. The molecule has 6 heteroatoms. The molecule has 0 spiro atoms. The van der Waals surface area contributed by atoms with Crippen LogP contribution in [-0.4, -0.2) is 43.7 Å². The molecule has 2 N–H and O–H groups in total. The number of rotatable bonds is 8. The summed E-state index contributed by atoms with van der Waals surface area (Å²) in [6.07, 6.45) is 0.984. The fourth-order valence-corrected chi connectivity index (χ4v) is 2.32. The predicted molar refractivity (Wildman–Crippen MR) is 62.3 cm³/mol. The summed E-state index contributed by atoms with van der Waals surface area (Å²) in [6, 6.07) is 0. The first-order chi connectivity index (χ1) is 8.47. The molecule has 1 rings (SSSR count). The highest BCUT2D eigenvalue weighted by molar-refractivity contribution is 4.72. The molecule has 1 unspecified atom stereocenters. The Bertz CT molecular complexity index is 218. The lowest BCUT2D eigenvalue weighted by atomic mass is 10.0. The van der Waals surface area contributed by atoms with Gasteiger partial charge in [0.2, 0.25) is 0 Å². The van der Waals surface area contributed by atoms with E-state index in [-0.39, 0.29) is 6.61 Å². The standard InChI is InChI=1S/C12H22F3NO2/c13-12(14,15)9-18-6-5-16-8-11(17)7-10-3-1-2-4-10/h10-11,16-17H,1-9H2. The van der Waals surface area contributed by atoms with E-state index in [1.807, 2.05) is 0 Å². The summed E-state index contributed by atoms with van der Waals surface area (Å²) in [7, 11) is 0. The van der Waals surface area contributed by atoms with E-state index in [1.165, 1.54) is 25.7 Å². The normalized spacial score (nSPS) is 19.3. The highest BCUT2D eigenvalue weighted by atomic mass is 19.4. The second kappa shape index (κ2) is 7.96. The van der Waals surface area contributed by atoms with Gasteiger partial charge in [0.25, 0.3) is 0 Å². The van der Waals surface area contributed by atoms with Gasteiger partial charge in [-0.3, -0.25) is 0 Å². The van der Waals surface area contributed by atoms with Crippen LogP contribution in [-0.2, 0) is 4.74 Å². The molecule has 0 aliphatic heterocycles. The van der Waals surface area contributed by atoms with Crippen LogP contribution in [0.5, 0.6) is 0 Å². The minimum absolute atomic E-state index is 0.00958. The summed E-state index contributed by atoms with van der Waals surface area (Å²) in [6.45, 7) is -0.446. The van der Waals surface area contributed by atoms with Crippen LogP contribution < -0.4 is 5.32 Å². The lowest BCUT2D eigenvalue weighted by molar-refractivity contribution is -0.173. The third-order valence-corrected chi connectivity index (χ3v) is 3.15. The fourth-order valence-electron chi connectivity index (χ4n) is 2.32. The van der Waals surface area contributed by atoms with E-state index in [0.29, 0.717) is 19.0 Å². The molecule has 108 valence electrons. The first-order valence-corrected chi connectivity index (χ1v) is 6.50. The van der Waals surface area contributed by atoms with Gasteiger partial charge < -0.3 is 15.2 Å². The number of aliphatic hydroxyl groups excluding tert-OH is 1. The Morgan fingerprint density at radius 1 is 1.28 bits per heavy atom. The maximum Gasteiger partial charge on any atom is 0.411 e. The number of hydrogen-bond donors (Lipinski definition) is 2. The van der Waals surface area contributed by atoms with Gasteiger partial charge in [0.15, 0.2) is 0 Å². The van der Waals surface area contributed by atoms with Gasteiger partial charge in [-0.1, -0.05) is 25.7 Å². The van der Waals surface area contributed by atoms with Gasteiger partial charge in [0.1, 0.15) is 6.61 Å². The average Bonchev–Trinajstić information content (AvgIpc) is 2.74. The van der Waals surface area contributed by atoms with Crippen molar-refractivity contribution in [2.45, 2.75) is 44.4 Å². The second-order valence-electron chi connectivity index (χ2n) is 4.91. The fraction of sp³-hybridized carbons (Fsp3) is 1.00. The van der Waals surface area contributed by atoms with Crippen molar-refractivity contribution < 1.29 is 23.0 Å². The van der Waals surface area contributed by atoms with Crippen LogP contribution in [0, 0.1) is 5.92 Å². The zero-order valence-electron chi connectivity index (χ0n) is 10.5. The molecule has 0 heterocycles. The van der Waals surface area contributed by atoms with Crippen LogP contribution >= 0.6 is 0 Å². The van der Waals surface area contributed by atoms with Crippen molar-refractivity contribution in [1.29, 1.82) is 0 Å². The molecule has 0 amide bonds. The number of nitrogens with one attached hydrogen (secondary N) is 1. The molecule has 1 atom stereocenters.